The van der Waals surface area contributed by atoms with Gasteiger partial charge in [-0.05, 0) is 26.2 Å². The van der Waals surface area contributed by atoms with Crippen LogP contribution in [0.25, 0.3) is 0 Å². The van der Waals surface area contributed by atoms with E-state index in [0.29, 0.717) is 31.3 Å². The van der Waals surface area contributed by atoms with E-state index >= 15 is 0 Å². The zero-order valence-corrected chi connectivity index (χ0v) is 17.1. The molecule has 0 spiro atoms. The Bertz CT molecular complexity index is 868. The molecule has 166 valence electrons. The van der Waals surface area contributed by atoms with Crippen molar-refractivity contribution in [2.45, 2.75) is 51.0 Å². The number of alkyl halides is 3. The number of anilines is 2. The lowest BCUT2D eigenvalue weighted by molar-refractivity contribution is -0.152. The number of rotatable bonds is 5. The summed E-state index contributed by atoms with van der Waals surface area (Å²) in [6.45, 7) is 3.31. The first-order valence-electron chi connectivity index (χ1n) is 10.2. The molecule has 4 rings (SSSR count). The van der Waals surface area contributed by atoms with Crippen molar-refractivity contribution in [3.63, 3.8) is 0 Å². The molecule has 3 heterocycles. The van der Waals surface area contributed by atoms with E-state index < -0.39 is 12.2 Å². The molecule has 0 amide bonds. The van der Waals surface area contributed by atoms with Crippen molar-refractivity contribution in [2.75, 3.05) is 43.2 Å². The van der Waals surface area contributed by atoms with Gasteiger partial charge < -0.3 is 19.4 Å². The molecule has 1 aliphatic carbocycles. The van der Waals surface area contributed by atoms with Gasteiger partial charge in [0.05, 0.1) is 31.5 Å². The predicted octanol–water partition coefficient (Wildman–Crippen LogP) is 2.02. The molecule has 0 N–H and O–H groups in total. The minimum absolute atomic E-state index is 0.0266. The topological polar surface area (TPSA) is 72.2 Å². The van der Waals surface area contributed by atoms with Gasteiger partial charge in [0.15, 0.2) is 0 Å². The molecule has 2 fully saturated rings. The van der Waals surface area contributed by atoms with Crippen LogP contribution in [0.1, 0.15) is 26.2 Å². The van der Waals surface area contributed by atoms with Crippen molar-refractivity contribution in [1.82, 2.24) is 9.55 Å². The lowest BCUT2D eigenvalue weighted by Crippen LogP contribution is -2.54. The predicted molar refractivity (Wildman–Crippen MR) is 105 cm³/mol. The average Bonchev–Trinajstić information content (AvgIpc) is 3.52. The molecule has 3 aliphatic rings. The summed E-state index contributed by atoms with van der Waals surface area (Å²) in [5.41, 5.74) is 0.204. The van der Waals surface area contributed by atoms with Gasteiger partial charge in [0.2, 0.25) is 5.95 Å². The number of nitrogens with zero attached hydrogens (tertiary/aromatic N) is 5. The zero-order chi connectivity index (χ0) is 21.5. The van der Waals surface area contributed by atoms with Gasteiger partial charge in [-0.25, -0.2) is 0 Å². The van der Waals surface area contributed by atoms with Crippen molar-refractivity contribution >= 4 is 17.5 Å². The molecule has 2 aliphatic heterocycles. The summed E-state index contributed by atoms with van der Waals surface area (Å²) in [5.74, 6) is 0.532. The van der Waals surface area contributed by atoms with Crippen molar-refractivity contribution < 1.29 is 22.7 Å². The van der Waals surface area contributed by atoms with Gasteiger partial charge in [-0.2, -0.15) is 18.2 Å². The van der Waals surface area contributed by atoms with Crippen molar-refractivity contribution in [1.29, 1.82) is 0 Å². The Morgan fingerprint density at radius 2 is 2.10 bits per heavy atom. The molecule has 1 aromatic rings. The van der Waals surface area contributed by atoms with Crippen LogP contribution >= 0.6 is 0 Å². The van der Waals surface area contributed by atoms with Crippen LogP contribution in [0.4, 0.5) is 24.9 Å². The van der Waals surface area contributed by atoms with E-state index in [0.717, 1.165) is 12.8 Å². The van der Waals surface area contributed by atoms with Gasteiger partial charge in [0, 0.05) is 25.1 Å². The first-order chi connectivity index (χ1) is 14.3. The van der Waals surface area contributed by atoms with Gasteiger partial charge in [0.1, 0.15) is 19.0 Å². The van der Waals surface area contributed by atoms with Crippen LogP contribution in [0.2, 0.25) is 0 Å². The highest BCUT2D eigenvalue weighted by atomic mass is 19.4. The van der Waals surface area contributed by atoms with Crippen LogP contribution in [0, 0.1) is 5.92 Å². The maximum Gasteiger partial charge on any atom is 0.408 e. The third-order valence-corrected chi connectivity index (χ3v) is 5.86. The fraction of sp³-hybridized carbons (Fsp3) is 0.737. The number of oxime groups is 1. The van der Waals surface area contributed by atoms with Crippen LogP contribution in [0.5, 0.6) is 0 Å². The largest absolute Gasteiger partial charge is 0.408 e. The van der Waals surface area contributed by atoms with Crippen LogP contribution in [0.15, 0.2) is 16.0 Å². The molecule has 0 radical (unpaired) electrons. The number of fused-ring (bicyclic) bond motifs is 1. The van der Waals surface area contributed by atoms with Crippen molar-refractivity contribution in [2.24, 2.45) is 11.1 Å². The van der Waals surface area contributed by atoms with Crippen LogP contribution in [-0.4, -0.2) is 66.9 Å². The molecular weight excluding hydrogens is 403 g/mol. The number of aromatic nitrogens is 2. The summed E-state index contributed by atoms with van der Waals surface area (Å²) < 4.78 is 48.5. The van der Waals surface area contributed by atoms with Crippen molar-refractivity contribution in [3.8, 4) is 0 Å². The number of ether oxygens (including phenoxy) is 1. The molecular formula is C19H26F3N5O3. The molecule has 1 saturated carbocycles. The van der Waals surface area contributed by atoms with Gasteiger partial charge >= 0.3 is 6.18 Å². The highest BCUT2D eigenvalue weighted by Gasteiger charge is 2.48. The fourth-order valence-corrected chi connectivity index (χ4v) is 4.13. The molecule has 2 atom stereocenters. The fourth-order valence-electron chi connectivity index (χ4n) is 4.13. The molecule has 11 heteroatoms. The molecule has 1 saturated heterocycles. The number of hydrogen-bond donors (Lipinski definition) is 0. The Morgan fingerprint density at radius 1 is 1.33 bits per heavy atom. The third kappa shape index (κ3) is 4.12. The summed E-state index contributed by atoms with van der Waals surface area (Å²) in [5, 5.41) is 3.98. The maximum atomic E-state index is 13.9. The quantitative estimate of drug-likeness (QED) is 0.527. The van der Waals surface area contributed by atoms with Crippen LogP contribution < -0.4 is 15.4 Å². The second-order valence-corrected chi connectivity index (χ2v) is 8.04. The second kappa shape index (κ2) is 8.09. The van der Waals surface area contributed by atoms with Gasteiger partial charge in [-0.3, -0.25) is 9.36 Å². The van der Waals surface area contributed by atoms with E-state index in [9.17, 15) is 18.0 Å². The summed E-state index contributed by atoms with van der Waals surface area (Å²) >= 11 is 0. The zero-order valence-electron chi connectivity index (χ0n) is 17.1. The monoisotopic (exact) mass is 429 g/mol. The SMILES string of the molecule is CON=C(CN1c2nc(N3CCOC[C@H]3C)cc(=O)n2CC[C@H]1C(F)(F)F)C1CC1. The molecule has 0 bridgehead atoms. The van der Waals surface area contributed by atoms with E-state index in [-0.39, 0.29) is 43.0 Å². The van der Waals surface area contributed by atoms with Gasteiger partial charge in [0.25, 0.3) is 5.56 Å². The molecule has 8 nitrogen and oxygen atoms in total. The van der Waals surface area contributed by atoms with Crippen LogP contribution in [0.3, 0.4) is 0 Å². The van der Waals surface area contributed by atoms with Gasteiger partial charge in [-0.1, -0.05) is 5.16 Å². The Kier molecular flexibility index (Phi) is 5.65. The third-order valence-electron chi connectivity index (χ3n) is 5.86. The molecule has 1 aromatic heterocycles. The van der Waals surface area contributed by atoms with E-state index in [1.54, 1.807) is 0 Å². The Balaban J connectivity index is 1.76. The van der Waals surface area contributed by atoms with E-state index in [1.807, 2.05) is 11.8 Å². The molecule has 0 unspecified atom stereocenters. The summed E-state index contributed by atoms with van der Waals surface area (Å²) in [6.07, 6.45) is -2.92. The smallest absolute Gasteiger partial charge is 0.399 e. The summed E-state index contributed by atoms with van der Waals surface area (Å²) in [4.78, 5) is 25.3. The minimum Gasteiger partial charge on any atom is -0.399 e. The standard InChI is InChI=1S/C19H26F3N5O3/c1-12-11-30-8-7-25(12)16-9-17(28)26-6-5-15(19(20,21)22)27(18(26)23-16)10-14(24-29-2)13-3-4-13/h9,12-13,15H,3-8,10-11H2,1-2H3/t12-,15+/m1/s1. The van der Waals surface area contributed by atoms with E-state index in [1.165, 1.54) is 22.6 Å². The Labute approximate surface area is 172 Å². The second-order valence-electron chi connectivity index (χ2n) is 8.04. The molecule has 30 heavy (non-hydrogen) atoms. The average molecular weight is 429 g/mol. The normalized spacial score (nSPS) is 25.3. The van der Waals surface area contributed by atoms with E-state index in [2.05, 4.69) is 10.1 Å². The number of morpholine rings is 1. The summed E-state index contributed by atoms with van der Waals surface area (Å²) in [7, 11) is 1.38. The highest BCUT2D eigenvalue weighted by Crippen LogP contribution is 2.37. The number of hydrogen-bond acceptors (Lipinski definition) is 7. The first kappa shape index (κ1) is 21.0. The van der Waals surface area contributed by atoms with E-state index in [4.69, 9.17) is 9.57 Å². The van der Waals surface area contributed by atoms with Crippen LogP contribution in [-0.2, 0) is 16.1 Å². The first-order valence-corrected chi connectivity index (χ1v) is 10.2. The lowest BCUT2D eigenvalue weighted by Gasteiger charge is -2.40. The lowest BCUT2D eigenvalue weighted by atomic mass is 10.1. The van der Waals surface area contributed by atoms with Gasteiger partial charge in [-0.15, -0.1) is 0 Å². The minimum atomic E-state index is -4.45. The highest BCUT2D eigenvalue weighted by molar-refractivity contribution is 5.92. The Hall–Kier alpha value is -2.30. The Morgan fingerprint density at radius 3 is 2.73 bits per heavy atom. The number of halogens is 3. The molecule has 0 aromatic carbocycles. The van der Waals surface area contributed by atoms with Crippen molar-refractivity contribution in [3.05, 3.63) is 16.4 Å². The maximum absolute atomic E-state index is 13.9. The summed E-state index contributed by atoms with van der Waals surface area (Å²) in [6, 6.07) is -0.355.